The van der Waals surface area contributed by atoms with Crippen molar-refractivity contribution in [2.75, 3.05) is 31.1 Å². The van der Waals surface area contributed by atoms with Gasteiger partial charge in [-0.1, -0.05) is 6.92 Å². The molecule has 2 aromatic carbocycles. The SMILES string of the molecule is CCc1c(C)c2ccc(O)c(CN3CCN(c4ccc(F)cc4)CC3)c2oc1=O. The molecule has 1 fully saturated rings. The zero-order chi connectivity index (χ0) is 20.5. The number of hydrogen-bond donors (Lipinski definition) is 1. The Morgan fingerprint density at radius 2 is 1.72 bits per heavy atom. The highest BCUT2D eigenvalue weighted by Crippen LogP contribution is 2.31. The van der Waals surface area contributed by atoms with Crippen molar-refractivity contribution in [1.82, 2.24) is 4.90 Å². The van der Waals surface area contributed by atoms with Gasteiger partial charge in [-0.3, -0.25) is 4.90 Å². The molecule has 0 atom stereocenters. The van der Waals surface area contributed by atoms with Crippen molar-refractivity contribution in [2.24, 2.45) is 0 Å². The summed E-state index contributed by atoms with van der Waals surface area (Å²) in [6.45, 7) is 7.58. The van der Waals surface area contributed by atoms with Gasteiger partial charge in [0.1, 0.15) is 17.1 Å². The number of nitrogens with zero attached hydrogens (tertiary/aromatic N) is 2. The molecule has 0 unspecified atom stereocenters. The van der Waals surface area contributed by atoms with Gasteiger partial charge in [0.2, 0.25) is 0 Å². The van der Waals surface area contributed by atoms with Gasteiger partial charge in [-0.15, -0.1) is 0 Å². The largest absolute Gasteiger partial charge is 0.507 e. The van der Waals surface area contributed by atoms with Crippen molar-refractivity contribution in [3.05, 3.63) is 69.3 Å². The minimum absolute atomic E-state index is 0.144. The molecule has 1 aliphatic rings. The Bertz CT molecular complexity index is 1080. The van der Waals surface area contributed by atoms with Gasteiger partial charge in [0, 0.05) is 49.4 Å². The lowest BCUT2D eigenvalue weighted by Crippen LogP contribution is -2.46. The monoisotopic (exact) mass is 396 g/mol. The van der Waals surface area contributed by atoms with Crippen LogP contribution in [0.25, 0.3) is 11.0 Å². The van der Waals surface area contributed by atoms with Gasteiger partial charge in [0.15, 0.2) is 0 Å². The molecule has 0 aliphatic carbocycles. The third kappa shape index (κ3) is 3.72. The number of phenolic OH excluding ortho intramolecular Hbond substituents is 1. The quantitative estimate of drug-likeness (QED) is 0.680. The molecule has 1 N–H and O–H groups in total. The molecule has 1 saturated heterocycles. The molecule has 2 heterocycles. The van der Waals surface area contributed by atoms with Crippen LogP contribution in [0, 0.1) is 12.7 Å². The molecule has 29 heavy (non-hydrogen) atoms. The van der Waals surface area contributed by atoms with E-state index in [1.54, 1.807) is 18.2 Å². The average molecular weight is 396 g/mol. The predicted octanol–water partition coefficient (Wildman–Crippen LogP) is 3.83. The fourth-order valence-electron chi connectivity index (χ4n) is 4.10. The maximum atomic E-state index is 13.1. The highest BCUT2D eigenvalue weighted by Gasteiger charge is 2.21. The third-order valence-electron chi connectivity index (χ3n) is 5.83. The van der Waals surface area contributed by atoms with E-state index in [4.69, 9.17) is 4.42 Å². The first-order chi connectivity index (χ1) is 14.0. The number of benzene rings is 2. The van der Waals surface area contributed by atoms with E-state index in [1.807, 2.05) is 19.9 Å². The molecule has 4 rings (SSSR count). The van der Waals surface area contributed by atoms with Crippen LogP contribution in [0.3, 0.4) is 0 Å². The van der Waals surface area contributed by atoms with Crippen molar-refractivity contribution in [3.8, 4) is 5.75 Å². The Kier molecular flexibility index (Phi) is 5.28. The van der Waals surface area contributed by atoms with E-state index < -0.39 is 0 Å². The summed E-state index contributed by atoms with van der Waals surface area (Å²) in [6.07, 6.45) is 0.617. The minimum Gasteiger partial charge on any atom is -0.507 e. The van der Waals surface area contributed by atoms with Crippen LogP contribution in [0.2, 0.25) is 0 Å². The van der Waals surface area contributed by atoms with Crippen molar-refractivity contribution >= 4 is 16.7 Å². The van der Waals surface area contributed by atoms with Gasteiger partial charge in [-0.25, -0.2) is 9.18 Å². The number of aromatic hydroxyl groups is 1. The van der Waals surface area contributed by atoms with Crippen LogP contribution in [0.15, 0.2) is 45.6 Å². The lowest BCUT2D eigenvalue weighted by molar-refractivity contribution is 0.246. The van der Waals surface area contributed by atoms with Crippen LogP contribution < -0.4 is 10.5 Å². The Labute approximate surface area is 169 Å². The number of phenols is 1. The number of piperazine rings is 1. The first-order valence-corrected chi connectivity index (χ1v) is 9.98. The summed E-state index contributed by atoms with van der Waals surface area (Å²) in [5.74, 6) is -0.0907. The Morgan fingerprint density at radius 3 is 2.38 bits per heavy atom. The van der Waals surface area contributed by atoms with Crippen LogP contribution in [0.1, 0.15) is 23.6 Å². The summed E-state index contributed by atoms with van der Waals surface area (Å²) < 4.78 is 18.8. The third-order valence-corrected chi connectivity index (χ3v) is 5.83. The summed E-state index contributed by atoms with van der Waals surface area (Å²) in [6, 6.07) is 10.0. The summed E-state index contributed by atoms with van der Waals surface area (Å²) >= 11 is 0. The van der Waals surface area contributed by atoms with E-state index in [0.717, 1.165) is 42.8 Å². The van der Waals surface area contributed by atoms with Gasteiger partial charge in [-0.2, -0.15) is 0 Å². The fraction of sp³-hybridized carbons (Fsp3) is 0.348. The second-order valence-electron chi connectivity index (χ2n) is 7.53. The zero-order valence-electron chi connectivity index (χ0n) is 16.7. The number of rotatable bonds is 4. The minimum atomic E-state index is -0.328. The lowest BCUT2D eigenvalue weighted by atomic mass is 10.0. The smallest absolute Gasteiger partial charge is 0.339 e. The first kappa shape index (κ1) is 19.5. The number of hydrogen-bond acceptors (Lipinski definition) is 5. The standard InChI is InChI=1S/C23H25FN2O3/c1-3-18-15(2)19-8-9-21(27)20(22(19)29-23(18)28)14-25-10-12-26(13-11-25)17-6-4-16(24)5-7-17/h4-9,27H,3,10-14H2,1-2H3. The molecule has 0 amide bonds. The Balaban J connectivity index is 1.56. The van der Waals surface area contributed by atoms with Gasteiger partial charge >= 0.3 is 5.63 Å². The molecule has 0 saturated carbocycles. The normalized spacial score (nSPS) is 15.2. The maximum absolute atomic E-state index is 13.1. The molecule has 3 aromatic rings. The molecule has 152 valence electrons. The van der Waals surface area contributed by atoms with Crippen molar-refractivity contribution in [2.45, 2.75) is 26.8 Å². The van der Waals surface area contributed by atoms with E-state index in [2.05, 4.69) is 9.80 Å². The van der Waals surface area contributed by atoms with Crippen LogP contribution in [-0.4, -0.2) is 36.2 Å². The number of aryl methyl sites for hydroxylation is 1. The topological polar surface area (TPSA) is 56.9 Å². The van der Waals surface area contributed by atoms with Crippen LogP contribution in [0.4, 0.5) is 10.1 Å². The van der Waals surface area contributed by atoms with Crippen LogP contribution in [-0.2, 0) is 13.0 Å². The number of halogens is 1. The number of anilines is 1. The number of fused-ring (bicyclic) bond motifs is 1. The molecule has 1 aliphatic heterocycles. The van der Waals surface area contributed by atoms with Crippen molar-refractivity contribution < 1.29 is 13.9 Å². The Morgan fingerprint density at radius 1 is 1.03 bits per heavy atom. The summed E-state index contributed by atoms with van der Waals surface area (Å²) in [5, 5.41) is 11.3. The van der Waals surface area contributed by atoms with E-state index in [9.17, 15) is 14.3 Å². The Hall–Kier alpha value is -2.86. The summed E-state index contributed by atoms with van der Waals surface area (Å²) in [7, 11) is 0. The predicted molar refractivity (Wildman–Crippen MR) is 112 cm³/mol. The summed E-state index contributed by atoms with van der Waals surface area (Å²) in [4.78, 5) is 16.8. The molecule has 5 nitrogen and oxygen atoms in total. The highest BCUT2D eigenvalue weighted by molar-refractivity contribution is 5.85. The van der Waals surface area contributed by atoms with Crippen molar-refractivity contribution in [1.29, 1.82) is 0 Å². The molecule has 0 bridgehead atoms. The second kappa shape index (κ2) is 7.87. The highest BCUT2D eigenvalue weighted by atomic mass is 19.1. The zero-order valence-corrected chi connectivity index (χ0v) is 16.7. The lowest BCUT2D eigenvalue weighted by Gasteiger charge is -2.36. The maximum Gasteiger partial charge on any atom is 0.339 e. The van der Waals surface area contributed by atoms with Crippen LogP contribution >= 0.6 is 0 Å². The van der Waals surface area contributed by atoms with E-state index in [1.165, 1.54) is 12.1 Å². The van der Waals surface area contributed by atoms with E-state index >= 15 is 0 Å². The van der Waals surface area contributed by atoms with Gasteiger partial charge in [0.25, 0.3) is 0 Å². The van der Waals surface area contributed by atoms with Gasteiger partial charge in [0.05, 0.1) is 5.56 Å². The molecule has 6 heteroatoms. The fourth-order valence-corrected chi connectivity index (χ4v) is 4.10. The van der Waals surface area contributed by atoms with Crippen molar-refractivity contribution in [3.63, 3.8) is 0 Å². The van der Waals surface area contributed by atoms with E-state index in [-0.39, 0.29) is 17.2 Å². The summed E-state index contributed by atoms with van der Waals surface area (Å²) in [5.41, 5.74) is 3.41. The van der Waals surface area contributed by atoms with Crippen LogP contribution in [0.5, 0.6) is 5.75 Å². The first-order valence-electron chi connectivity index (χ1n) is 9.98. The molecule has 0 spiro atoms. The molecule has 0 radical (unpaired) electrons. The molecular weight excluding hydrogens is 371 g/mol. The van der Waals surface area contributed by atoms with Gasteiger partial charge < -0.3 is 14.4 Å². The molecular formula is C23H25FN2O3. The van der Waals surface area contributed by atoms with E-state index in [0.29, 0.717) is 29.7 Å². The van der Waals surface area contributed by atoms with Gasteiger partial charge in [-0.05, 0) is 55.3 Å². The average Bonchev–Trinajstić information content (AvgIpc) is 2.72. The molecule has 1 aromatic heterocycles. The second-order valence-corrected chi connectivity index (χ2v) is 7.53.